The van der Waals surface area contributed by atoms with Crippen LogP contribution in [0.1, 0.15) is 96.1 Å². The van der Waals surface area contributed by atoms with Gasteiger partial charge in [0, 0.05) is 0 Å². The van der Waals surface area contributed by atoms with Crippen molar-refractivity contribution in [3.05, 3.63) is 151 Å². The summed E-state index contributed by atoms with van der Waals surface area (Å²) in [6.07, 6.45) is 10.5. The van der Waals surface area contributed by atoms with E-state index in [9.17, 15) is 0 Å². The first kappa shape index (κ1) is 36.5. The molecule has 46 heavy (non-hydrogen) atoms. The van der Waals surface area contributed by atoms with E-state index in [2.05, 4.69) is 159 Å². The SMILES string of the molecule is Cc1ccccc1C[C](Cc1ccccc1C)=[Zr]([C]1=CC=CC1)[CH]1c2ccc(C(C)(C)C)cc2-c2cc(C(C)(C)C)ccc21.Cl.Cl. The van der Waals surface area contributed by atoms with E-state index in [-0.39, 0.29) is 35.6 Å². The molecule has 0 fully saturated rings. The van der Waals surface area contributed by atoms with Gasteiger partial charge in [0.1, 0.15) is 0 Å². The van der Waals surface area contributed by atoms with E-state index in [1.54, 1.807) is 14.4 Å². The van der Waals surface area contributed by atoms with Crippen LogP contribution < -0.4 is 0 Å². The van der Waals surface area contributed by atoms with E-state index in [1.807, 2.05) is 3.21 Å². The van der Waals surface area contributed by atoms with E-state index in [4.69, 9.17) is 0 Å². The zero-order valence-corrected chi connectivity index (χ0v) is 32.9. The first-order valence-electron chi connectivity index (χ1n) is 16.4. The van der Waals surface area contributed by atoms with Crippen molar-refractivity contribution in [1.29, 1.82) is 0 Å². The molecule has 240 valence electrons. The Kier molecular flexibility index (Phi) is 11.5. The minimum atomic E-state index is -2.55. The molecule has 0 amide bonds. The fourth-order valence-electron chi connectivity index (χ4n) is 7.09. The van der Waals surface area contributed by atoms with Gasteiger partial charge in [-0.2, -0.15) is 0 Å². The molecule has 0 nitrogen and oxygen atoms in total. The Hall–Kier alpha value is -2.31. The van der Waals surface area contributed by atoms with Gasteiger partial charge < -0.3 is 0 Å². The largest absolute Gasteiger partial charge is 0.147 e. The molecule has 0 aliphatic heterocycles. The van der Waals surface area contributed by atoms with Gasteiger partial charge >= 0.3 is 276 Å². The molecule has 4 aromatic rings. The Morgan fingerprint density at radius 2 is 1.11 bits per heavy atom. The monoisotopic (exact) mass is 726 g/mol. The third-order valence-electron chi connectivity index (χ3n) is 9.87. The quantitative estimate of drug-likeness (QED) is 0.185. The maximum Gasteiger partial charge on any atom is -0.147 e. The molecule has 0 aromatic heterocycles. The number of hydrogen-bond acceptors (Lipinski definition) is 0. The molecule has 4 aromatic carbocycles. The number of hydrogen-bond donors (Lipinski definition) is 0. The van der Waals surface area contributed by atoms with Crippen molar-refractivity contribution >= 4 is 28.0 Å². The molecule has 6 rings (SSSR count). The summed E-state index contributed by atoms with van der Waals surface area (Å²) in [6, 6.07) is 33.2. The summed E-state index contributed by atoms with van der Waals surface area (Å²) in [7, 11) is 0. The van der Waals surface area contributed by atoms with Crippen molar-refractivity contribution in [1.82, 2.24) is 0 Å². The van der Waals surface area contributed by atoms with E-state index in [1.165, 1.54) is 44.5 Å². The van der Waals surface area contributed by atoms with Gasteiger partial charge in [-0.05, 0) is 0 Å². The van der Waals surface area contributed by atoms with Crippen LogP contribution in [0, 0.1) is 13.8 Å². The van der Waals surface area contributed by atoms with Crippen LogP contribution in [-0.2, 0) is 44.9 Å². The second-order valence-corrected chi connectivity index (χ2v) is 21.9. The Balaban J connectivity index is 0.00000240. The van der Waals surface area contributed by atoms with Gasteiger partial charge in [-0.3, -0.25) is 0 Å². The standard InChI is InChI=1S/C21H25.C17H18.C5H5.2ClH.Zr/c1-20(2,3)16-9-7-14-11-15-8-10-17(21(4,5)6)13-19(15)18(14)12-16;1-14-8-3-5-10-16(14)12-7-13-17-11-6-4-9-15(17)2;1-2-4-5-3-1;;;/h7-13H,1-6H3;3-6,8-11H,12-13H2,1-2H3;1-3H,4H2;2*1H;. The molecule has 0 unspecified atom stereocenters. The molecule has 0 atom stereocenters. The third kappa shape index (κ3) is 7.38. The van der Waals surface area contributed by atoms with Crippen molar-refractivity contribution < 1.29 is 21.3 Å². The van der Waals surface area contributed by atoms with Gasteiger partial charge in [0.25, 0.3) is 0 Å². The molecular formula is C43H50Cl2Zr. The average molecular weight is 729 g/mol. The smallest absolute Gasteiger partial charge is 0.147 e. The summed E-state index contributed by atoms with van der Waals surface area (Å²) in [5, 5.41) is 0. The fraction of sp³-hybridized carbons (Fsp3) is 0.326. The van der Waals surface area contributed by atoms with Crippen LogP contribution >= 0.6 is 24.8 Å². The van der Waals surface area contributed by atoms with Gasteiger partial charge in [-0.1, -0.05) is 0 Å². The van der Waals surface area contributed by atoms with Crippen LogP contribution in [0.25, 0.3) is 11.1 Å². The molecule has 2 aliphatic rings. The van der Waals surface area contributed by atoms with Crippen LogP contribution in [0.4, 0.5) is 0 Å². The Labute approximate surface area is 298 Å². The molecule has 0 N–H and O–H groups in total. The van der Waals surface area contributed by atoms with Gasteiger partial charge in [0.2, 0.25) is 0 Å². The molecular weight excluding hydrogens is 679 g/mol. The molecule has 0 spiro atoms. The van der Waals surface area contributed by atoms with Gasteiger partial charge in [-0.25, -0.2) is 0 Å². The summed E-state index contributed by atoms with van der Waals surface area (Å²) in [5.41, 5.74) is 15.0. The van der Waals surface area contributed by atoms with E-state index in [0.717, 1.165) is 19.3 Å². The zero-order chi connectivity index (χ0) is 31.2. The maximum absolute atomic E-state index is 2.55. The summed E-state index contributed by atoms with van der Waals surface area (Å²) in [5.74, 6) is 0. The minimum Gasteiger partial charge on any atom is -0.147 e. The predicted octanol–water partition coefficient (Wildman–Crippen LogP) is 11.9. The molecule has 3 heteroatoms. The fourth-order valence-corrected chi connectivity index (χ4v) is 16.3. The number of aryl methyl sites for hydroxylation is 2. The first-order chi connectivity index (χ1) is 20.9. The number of fused-ring (bicyclic) bond motifs is 3. The Morgan fingerprint density at radius 1 is 0.652 bits per heavy atom. The van der Waals surface area contributed by atoms with Crippen molar-refractivity contribution in [3.8, 4) is 11.1 Å². The van der Waals surface area contributed by atoms with Crippen LogP contribution in [-0.4, -0.2) is 3.21 Å². The number of allylic oxidation sites excluding steroid dienone is 4. The predicted molar refractivity (Wildman–Crippen MR) is 202 cm³/mol. The van der Waals surface area contributed by atoms with Crippen LogP contribution in [0.2, 0.25) is 0 Å². The third-order valence-corrected chi connectivity index (χ3v) is 18.2. The summed E-state index contributed by atoms with van der Waals surface area (Å²) in [4.78, 5) is 0. The van der Waals surface area contributed by atoms with Crippen molar-refractivity contribution in [2.45, 2.75) is 89.1 Å². The summed E-state index contributed by atoms with van der Waals surface area (Å²) in [6.45, 7) is 18.7. The van der Waals surface area contributed by atoms with Crippen LogP contribution in [0.15, 0.2) is 106 Å². The maximum atomic E-state index is 2.55. The topological polar surface area (TPSA) is 0 Å². The van der Waals surface area contributed by atoms with Crippen molar-refractivity contribution in [2.75, 3.05) is 0 Å². The minimum absolute atomic E-state index is 0. The van der Waals surface area contributed by atoms with Gasteiger partial charge in [-0.15, -0.1) is 24.8 Å². The molecule has 0 bridgehead atoms. The number of benzene rings is 4. The zero-order valence-electron chi connectivity index (χ0n) is 28.8. The summed E-state index contributed by atoms with van der Waals surface area (Å²) < 4.78 is 4.04. The second-order valence-electron chi connectivity index (χ2n) is 15.1. The normalized spacial score (nSPS) is 13.8. The van der Waals surface area contributed by atoms with E-state index < -0.39 is 21.3 Å². The summed E-state index contributed by atoms with van der Waals surface area (Å²) >= 11 is -2.55. The van der Waals surface area contributed by atoms with E-state index in [0.29, 0.717) is 3.63 Å². The van der Waals surface area contributed by atoms with Crippen LogP contribution in [0.5, 0.6) is 0 Å². The molecule has 0 saturated carbocycles. The molecule has 0 heterocycles. The molecule has 0 radical (unpaired) electrons. The van der Waals surface area contributed by atoms with Crippen LogP contribution in [0.3, 0.4) is 0 Å². The number of halogens is 2. The molecule has 2 aliphatic carbocycles. The van der Waals surface area contributed by atoms with Gasteiger partial charge in [0.05, 0.1) is 0 Å². The van der Waals surface area contributed by atoms with Crippen molar-refractivity contribution in [2.24, 2.45) is 0 Å². The van der Waals surface area contributed by atoms with Crippen molar-refractivity contribution in [3.63, 3.8) is 0 Å². The second kappa shape index (κ2) is 14.4. The number of rotatable bonds is 6. The van der Waals surface area contributed by atoms with Gasteiger partial charge in [0.15, 0.2) is 0 Å². The molecule has 0 saturated heterocycles. The Morgan fingerprint density at radius 3 is 1.50 bits per heavy atom. The van der Waals surface area contributed by atoms with E-state index >= 15 is 0 Å². The first-order valence-corrected chi connectivity index (χ1v) is 20.3. The Bertz CT molecular complexity index is 1710. The average Bonchev–Trinajstić information content (AvgIpc) is 3.61.